The Kier molecular flexibility index (Phi) is 5.56. The van der Waals surface area contributed by atoms with Gasteiger partial charge in [0.15, 0.2) is 0 Å². The second kappa shape index (κ2) is 8.12. The zero-order valence-corrected chi connectivity index (χ0v) is 17.7. The zero-order valence-electron chi connectivity index (χ0n) is 16.9. The lowest BCUT2D eigenvalue weighted by Gasteiger charge is -2.33. The first-order valence-corrected chi connectivity index (χ1v) is 11.6. The van der Waals surface area contributed by atoms with E-state index < -0.39 is 10.0 Å². The third kappa shape index (κ3) is 4.28. The standard InChI is InChI=1S/C21H27N5O2S/c1-3-4-16-5-7-18(8-6-16)29(27,28)25-17-9-11-26(12-10-17)21-19-13-15(2)24-20(19)22-14-23-21/h5-8,13-14,17,25H,3-4,9-12H2,1-2H3,(H,22,23,24). The molecule has 0 bridgehead atoms. The van der Waals surface area contributed by atoms with Crippen molar-refractivity contribution < 1.29 is 8.42 Å². The summed E-state index contributed by atoms with van der Waals surface area (Å²) in [5.41, 5.74) is 3.05. The second-order valence-corrected chi connectivity index (χ2v) is 9.40. The average Bonchev–Trinajstić information content (AvgIpc) is 3.09. The van der Waals surface area contributed by atoms with Crippen molar-refractivity contribution in [3.63, 3.8) is 0 Å². The molecule has 0 spiro atoms. The van der Waals surface area contributed by atoms with Crippen molar-refractivity contribution in [1.82, 2.24) is 19.7 Å². The summed E-state index contributed by atoms with van der Waals surface area (Å²) in [6.45, 7) is 5.61. The maximum Gasteiger partial charge on any atom is 0.240 e. The monoisotopic (exact) mass is 413 g/mol. The van der Waals surface area contributed by atoms with Gasteiger partial charge in [0, 0.05) is 24.8 Å². The molecule has 3 heterocycles. The van der Waals surface area contributed by atoms with Crippen LogP contribution in [-0.4, -0.2) is 42.5 Å². The van der Waals surface area contributed by atoms with Crippen molar-refractivity contribution in [1.29, 1.82) is 0 Å². The van der Waals surface area contributed by atoms with Crippen LogP contribution >= 0.6 is 0 Å². The van der Waals surface area contributed by atoms with Crippen LogP contribution in [0.1, 0.15) is 37.4 Å². The van der Waals surface area contributed by atoms with Gasteiger partial charge in [-0.15, -0.1) is 0 Å². The number of aromatic nitrogens is 3. The number of hydrogen-bond acceptors (Lipinski definition) is 5. The Hall–Kier alpha value is -2.45. The van der Waals surface area contributed by atoms with Gasteiger partial charge >= 0.3 is 0 Å². The fraction of sp³-hybridized carbons (Fsp3) is 0.429. The quantitative estimate of drug-likeness (QED) is 0.648. The van der Waals surface area contributed by atoms with Gasteiger partial charge in [0.2, 0.25) is 10.0 Å². The molecule has 4 rings (SSSR count). The lowest BCUT2D eigenvalue weighted by atomic mass is 10.1. The summed E-state index contributed by atoms with van der Waals surface area (Å²) in [5.74, 6) is 0.909. The molecule has 154 valence electrons. The van der Waals surface area contributed by atoms with E-state index in [4.69, 9.17) is 0 Å². The van der Waals surface area contributed by atoms with Crippen LogP contribution in [0.4, 0.5) is 5.82 Å². The van der Waals surface area contributed by atoms with E-state index in [1.165, 1.54) is 0 Å². The SMILES string of the molecule is CCCc1ccc(S(=O)(=O)NC2CCN(c3ncnc4[nH]c(C)cc34)CC2)cc1. The van der Waals surface area contributed by atoms with Gasteiger partial charge in [-0.1, -0.05) is 25.5 Å². The van der Waals surface area contributed by atoms with Crippen molar-refractivity contribution in [2.45, 2.75) is 50.5 Å². The first-order valence-electron chi connectivity index (χ1n) is 10.1. The van der Waals surface area contributed by atoms with Gasteiger partial charge in [-0.25, -0.2) is 23.1 Å². The molecule has 0 atom stereocenters. The van der Waals surface area contributed by atoms with E-state index in [1.807, 2.05) is 19.1 Å². The Morgan fingerprint density at radius 2 is 1.90 bits per heavy atom. The highest BCUT2D eigenvalue weighted by Gasteiger charge is 2.26. The molecule has 1 fully saturated rings. The van der Waals surface area contributed by atoms with Gasteiger partial charge in [-0.05, 0) is 49.9 Å². The smallest absolute Gasteiger partial charge is 0.240 e. The molecule has 29 heavy (non-hydrogen) atoms. The number of piperidine rings is 1. The molecule has 1 aliphatic heterocycles. The van der Waals surface area contributed by atoms with Crippen molar-refractivity contribution in [2.24, 2.45) is 0 Å². The summed E-state index contributed by atoms with van der Waals surface area (Å²) < 4.78 is 28.4. The van der Waals surface area contributed by atoms with Crippen LogP contribution in [0.25, 0.3) is 11.0 Å². The van der Waals surface area contributed by atoms with Crippen molar-refractivity contribution in [3.05, 3.63) is 47.9 Å². The zero-order chi connectivity index (χ0) is 20.4. The molecular formula is C21H27N5O2S. The van der Waals surface area contributed by atoms with Crippen LogP contribution in [0, 0.1) is 6.92 Å². The number of nitrogens with one attached hydrogen (secondary N) is 2. The summed E-state index contributed by atoms with van der Waals surface area (Å²) in [6, 6.07) is 9.20. The van der Waals surface area contributed by atoms with Crippen LogP contribution in [0.5, 0.6) is 0 Å². The number of H-pyrrole nitrogens is 1. The van der Waals surface area contributed by atoms with Crippen LogP contribution < -0.4 is 9.62 Å². The molecule has 1 saturated heterocycles. The van der Waals surface area contributed by atoms with Crippen LogP contribution in [-0.2, 0) is 16.4 Å². The molecule has 0 aliphatic carbocycles. The summed E-state index contributed by atoms with van der Waals surface area (Å²) >= 11 is 0. The molecule has 1 aromatic carbocycles. The molecule has 8 heteroatoms. The molecule has 2 N–H and O–H groups in total. The highest BCUT2D eigenvalue weighted by atomic mass is 32.2. The molecule has 2 aromatic heterocycles. The Bertz CT molecular complexity index is 1080. The predicted octanol–water partition coefficient (Wildman–Crippen LogP) is 3.17. The maximum atomic E-state index is 12.7. The van der Waals surface area contributed by atoms with Gasteiger partial charge in [0.05, 0.1) is 10.3 Å². The van der Waals surface area contributed by atoms with Crippen molar-refractivity contribution >= 4 is 26.9 Å². The topological polar surface area (TPSA) is 91.0 Å². The Balaban J connectivity index is 1.41. The normalized spacial score (nSPS) is 15.9. The van der Waals surface area contributed by atoms with E-state index in [-0.39, 0.29) is 6.04 Å². The Morgan fingerprint density at radius 1 is 1.17 bits per heavy atom. The first-order chi connectivity index (χ1) is 14.0. The van der Waals surface area contributed by atoms with Crippen LogP contribution in [0.3, 0.4) is 0 Å². The lowest BCUT2D eigenvalue weighted by Crippen LogP contribution is -2.44. The number of nitrogens with zero attached hydrogens (tertiary/aromatic N) is 3. The van der Waals surface area contributed by atoms with Gasteiger partial charge in [-0.3, -0.25) is 0 Å². The number of sulfonamides is 1. The first kappa shape index (κ1) is 19.8. The molecule has 1 aliphatic rings. The fourth-order valence-corrected chi connectivity index (χ4v) is 5.24. The Morgan fingerprint density at radius 3 is 2.59 bits per heavy atom. The van der Waals surface area contributed by atoms with E-state index in [9.17, 15) is 8.42 Å². The molecule has 0 unspecified atom stereocenters. The third-order valence-electron chi connectivity index (χ3n) is 5.43. The molecule has 0 radical (unpaired) electrons. The third-order valence-corrected chi connectivity index (χ3v) is 6.96. The lowest BCUT2D eigenvalue weighted by molar-refractivity contribution is 0.459. The number of hydrogen-bond donors (Lipinski definition) is 2. The number of rotatable bonds is 6. The van der Waals surface area contributed by atoms with Crippen molar-refractivity contribution in [2.75, 3.05) is 18.0 Å². The molecule has 0 saturated carbocycles. The summed E-state index contributed by atoms with van der Waals surface area (Å²) in [5, 5.41) is 1.01. The van der Waals surface area contributed by atoms with E-state index in [1.54, 1.807) is 18.5 Å². The number of anilines is 1. The molecule has 7 nitrogen and oxygen atoms in total. The van der Waals surface area contributed by atoms with Crippen LogP contribution in [0.15, 0.2) is 41.6 Å². The van der Waals surface area contributed by atoms with E-state index in [2.05, 4.69) is 37.6 Å². The average molecular weight is 414 g/mol. The molecular weight excluding hydrogens is 386 g/mol. The number of aryl methyl sites for hydroxylation is 2. The van der Waals surface area contributed by atoms with E-state index in [0.717, 1.165) is 66.9 Å². The maximum absolute atomic E-state index is 12.7. The number of fused-ring (bicyclic) bond motifs is 1. The van der Waals surface area contributed by atoms with Gasteiger partial charge in [-0.2, -0.15) is 0 Å². The van der Waals surface area contributed by atoms with Gasteiger partial charge in [0.1, 0.15) is 17.8 Å². The highest BCUT2D eigenvalue weighted by Crippen LogP contribution is 2.26. The molecule has 3 aromatic rings. The minimum atomic E-state index is -3.50. The summed E-state index contributed by atoms with van der Waals surface area (Å²) in [4.78, 5) is 14.5. The number of aromatic amines is 1. The second-order valence-electron chi connectivity index (χ2n) is 7.69. The van der Waals surface area contributed by atoms with Gasteiger partial charge in [0.25, 0.3) is 0 Å². The summed E-state index contributed by atoms with van der Waals surface area (Å²) in [6.07, 6.45) is 5.06. The highest BCUT2D eigenvalue weighted by molar-refractivity contribution is 7.89. The number of benzene rings is 1. The Labute approximate surface area is 171 Å². The van der Waals surface area contributed by atoms with Gasteiger partial charge < -0.3 is 9.88 Å². The van der Waals surface area contributed by atoms with E-state index >= 15 is 0 Å². The minimum Gasteiger partial charge on any atom is -0.356 e. The van der Waals surface area contributed by atoms with Crippen LogP contribution in [0.2, 0.25) is 0 Å². The predicted molar refractivity (Wildman–Crippen MR) is 115 cm³/mol. The largest absolute Gasteiger partial charge is 0.356 e. The minimum absolute atomic E-state index is 0.0724. The van der Waals surface area contributed by atoms with Crippen molar-refractivity contribution in [3.8, 4) is 0 Å². The summed E-state index contributed by atoms with van der Waals surface area (Å²) in [7, 11) is -3.50. The van der Waals surface area contributed by atoms with E-state index in [0.29, 0.717) is 4.90 Å². The fourth-order valence-electron chi connectivity index (χ4n) is 3.93. The molecule has 0 amide bonds.